The number of hydrogen-bond donors (Lipinski definition) is 0. The van der Waals surface area contributed by atoms with Gasteiger partial charge in [0.1, 0.15) is 0 Å². The molecule has 2 aromatic carbocycles. The highest BCUT2D eigenvalue weighted by Crippen LogP contribution is 2.31. The Labute approximate surface area is 237 Å². The van der Waals surface area contributed by atoms with Gasteiger partial charge in [0.25, 0.3) is 0 Å². The number of aromatic nitrogens is 2. The Kier molecular flexibility index (Phi) is 16.3. The zero-order chi connectivity index (χ0) is 28.0. The molecule has 2 nitrogen and oxygen atoms in total. The van der Waals surface area contributed by atoms with E-state index in [1.165, 1.54) is 61.6 Å². The second-order valence-electron chi connectivity index (χ2n) is 9.69. The summed E-state index contributed by atoms with van der Waals surface area (Å²) in [4.78, 5) is 8.01. The summed E-state index contributed by atoms with van der Waals surface area (Å²) >= 11 is 0. The SMILES string of the molecule is C=Cc1ccccc1.C=Cc1ccncc1.CCCC(CCCC(CCC)c1ccncc1)c1ccccc1. The van der Waals surface area contributed by atoms with Crippen molar-refractivity contribution in [3.8, 4) is 0 Å². The Morgan fingerprint density at radius 2 is 0.949 bits per heavy atom. The van der Waals surface area contributed by atoms with E-state index < -0.39 is 0 Å². The van der Waals surface area contributed by atoms with Crippen LogP contribution in [0.25, 0.3) is 12.2 Å². The van der Waals surface area contributed by atoms with Crippen molar-refractivity contribution in [1.29, 1.82) is 0 Å². The third kappa shape index (κ3) is 13.0. The molecule has 0 saturated carbocycles. The fourth-order valence-corrected chi connectivity index (χ4v) is 4.71. The van der Waals surface area contributed by atoms with Gasteiger partial charge in [0.2, 0.25) is 0 Å². The molecule has 2 heterocycles. The first-order valence-electron chi connectivity index (χ1n) is 14.4. The zero-order valence-electron chi connectivity index (χ0n) is 24.0. The lowest BCUT2D eigenvalue weighted by atomic mass is 9.85. The first kappa shape index (κ1) is 31.4. The van der Waals surface area contributed by atoms with Gasteiger partial charge in [-0.3, -0.25) is 9.97 Å². The van der Waals surface area contributed by atoms with E-state index in [-0.39, 0.29) is 0 Å². The van der Waals surface area contributed by atoms with E-state index in [4.69, 9.17) is 0 Å². The normalized spacial score (nSPS) is 11.5. The number of hydrogen-bond acceptors (Lipinski definition) is 2. The van der Waals surface area contributed by atoms with Crippen LogP contribution in [0.4, 0.5) is 0 Å². The van der Waals surface area contributed by atoms with Crippen molar-refractivity contribution in [2.75, 3.05) is 0 Å². The molecule has 2 heteroatoms. The molecule has 0 aliphatic rings. The van der Waals surface area contributed by atoms with Gasteiger partial charge in [-0.2, -0.15) is 0 Å². The average Bonchev–Trinajstić information content (AvgIpc) is 3.02. The molecule has 0 N–H and O–H groups in total. The largest absolute Gasteiger partial charge is 0.265 e. The molecule has 2 atom stereocenters. The quantitative estimate of drug-likeness (QED) is 0.186. The van der Waals surface area contributed by atoms with Gasteiger partial charge >= 0.3 is 0 Å². The highest BCUT2D eigenvalue weighted by atomic mass is 14.6. The van der Waals surface area contributed by atoms with Crippen LogP contribution in [0.1, 0.15) is 92.9 Å². The van der Waals surface area contributed by atoms with Crippen molar-refractivity contribution in [3.63, 3.8) is 0 Å². The Bertz CT molecular complexity index is 1030. The molecule has 4 rings (SSSR count). The van der Waals surface area contributed by atoms with Crippen molar-refractivity contribution in [2.45, 2.75) is 70.6 Å². The third-order valence-corrected chi connectivity index (χ3v) is 6.81. The molecule has 0 aliphatic carbocycles. The number of benzene rings is 2. The smallest absolute Gasteiger partial charge is 0.0273 e. The third-order valence-electron chi connectivity index (χ3n) is 6.81. The van der Waals surface area contributed by atoms with E-state index in [1.807, 2.05) is 60.9 Å². The van der Waals surface area contributed by atoms with Crippen LogP contribution in [-0.2, 0) is 0 Å². The van der Waals surface area contributed by atoms with Crippen molar-refractivity contribution in [1.82, 2.24) is 9.97 Å². The second kappa shape index (κ2) is 20.2. The summed E-state index contributed by atoms with van der Waals surface area (Å²) in [6, 6.07) is 29.3. The molecule has 0 saturated heterocycles. The van der Waals surface area contributed by atoms with Crippen LogP contribution in [0.5, 0.6) is 0 Å². The summed E-state index contributed by atoms with van der Waals surface area (Å²) in [5, 5.41) is 0. The molecule has 0 bridgehead atoms. The van der Waals surface area contributed by atoms with Gasteiger partial charge in [0.05, 0.1) is 0 Å². The van der Waals surface area contributed by atoms with Gasteiger partial charge in [-0.15, -0.1) is 0 Å². The predicted molar refractivity (Wildman–Crippen MR) is 171 cm³/mol. The lowest BCUT2D eigenvalue weighted by Crippen LogP contribution is -2.03. The summed E-state index contributed by atoms with van der Waals surface area (Å²) in [5.74, 6) is 1.42. The van der Waals surface area contributed by atoms with Crippen molar-refractivity contribution >= 4 is 12.2 Å². The number of pyridine rings is 2. The first-order chi connectivity index (χ1) is 19.2. The highest BCUT2D eigenvalue weighted by Gasteiger charge is 2.14. The predicted octanol–water partition coefficient (Wildman–Crippen LogP) is 10.8. The van der Waals surface area contributed by atoms with Gasteiger partial charge in [0.15, 0.2) is 0 Å². The lowest BCUT2D eigenvalue weighted by Gasteiger charge is -2.20. The topological polar surface area (TPSA) is 25.8 Å². The molecule has 39 heavy (non-hydrogen) atoms. The van der Waals surface area contributed by atoms with Crippen molar-refractivity contribution < 1.29 is 0 Å². The molecule has 2 unspecified atom stereocenters. The van der Waals surface area contributed by atoms with Gasteiger partial charge in [-0.05, 0) is 84.0 Å². The van der Waals surface area contributed by atoms with Gasteiger partial charge in [-0.25, -0.2) is 0 Å². The highest BCUT2D eigenvalue weighted by molar-refractivity contribution is 5.46. The van der Waals surface area contributed by atoms with Crippen LogP contribution in [0.3, 0.4) is 0 Å². The van der Waals surface area contributed by atoms with E-state index in [0.717, 1.165) is 11.5 Å². The molecule has 4 aromatic rings. The number of rotatable bonds is 12. The van der Waals surface area contributed by atoms with Crippen LogP contribution in [0.2, 0.25) is 0 Å². The minimum Gasteiger partial charge on any atom is -0.265 e. The average molecular weight is 519 g/mol. The second-order valence-corrected chi connectivity index (χ2v) is 9.69. The molecular weight excluding hydrogens is 472 g/mol. The van der Waals surface area contributed by atoms with Gasteiger partial charge in [-0.1, -0.05) is 119 Å². The molecule has 204 valence electrons. The number of nitrogens with zero attached hydrogens (tertiary/aromatic N) is 2. The molecule has 0 aliphatic heterocycles. The molecule has 2 aromatic heterocycles. The van der Waals surface area contributed by atoms with E-state index >= 15 is 0 Å². The van der Waals surface area contributed by atoms with Gasteiger partial charge < -0.3 is 0 Å². The standard InChI is InChI=1S/C22H31N.C8H8.C7H7N/c1-3-9-19(21-11-6-5-7-12-21)13-8-14-20(10-4-2)22-15-17-23-18-16-22;1-2-8-6-4-3-5-7-8;1-2-7-3-5-8-6-4-7/h5-7,11-12,15-20H,3-4,8-10,13-14H2,1-2H3;2-7H,1H2;2-6H,1H2. The Morgan fingerprint density at radius 3 is 1.36 bits per heavy atom. The maximum atomic E-state index is 4.16. The van der Waals surface area contributed by atoms with Crippen LogP contribution >= 0.6 is 0 Å². The monoisotopic (exact) mass is 518 g/mol. The maximum Gasteiger partial charge on any atom is 0.0273 e. The summed E-state index contributed by atoms with van der Waals surface area (Å²) in [5.41, 5.74) is 5.27. The fraction of sp³-hybridized carbons (Fsp3) is 0.297. The van der Waals surface area contributed by atoms with E-state index in [9.17, 15) is 0 Å². The van der Waals surface area contributed by atoms with Crippen LogP contribution < -0.4 is 0 Å². The fourth-order valence-electron chi connectivity index (χ4n) is 4.71. The Morgan fingerprint density at radius 1 is 0.538 bits per heavy atom. The van der Waals surface area contributed by atoms with Crippen LogP contribution in [0, 0.1) is 0 Å². The van der Waals surface area contributed by atoms with E-state index in [1.54, 1.807) is 18.5 Å². The first-order valence-corrected chi connectivity index (χ1v) is 14.4. The zero-order valence-corrected chi connectivity index (χ0v) is 24.0. The van der Waals surface area contributed by atoms with Gasteiger partial charge in [0, 0.05) is 24.8 Å². The molecule has 0 spiro atoms. The van der Waals surface area contributed by atoms with Crippen molar-refractivity contribution in [3.05, 3.63) is 145 Å². The minimum absolute atomic E-state index is 0.695. The van der Waals surface area contributed by atoms with Crippen LogP contribution in [0.15, 0.2) is 123 Å². The summed E-state index contributed by atoms with van der Waals surface area (Å²) < 4.78 is 0. The summed E-state index contributed by atoms with van der Waals surface area (Å²) in [6.45, 7) is 11.8. The summed E-state index contributed by atoms with van der Waals surface area (Å²) in [6.07, 6.45) is 20.0. The minimum atomic E-state index is 0.695. The molecule has 0 radical (unpaired) electrons. The van der Waals surface area contributed by atoms with Crippen molar-refractivity contribution in [2.24, 2.45) is 0 Å². The Balaban J connectivity index is 0.000000269. The Hall–Kier alpha value is -3.78. The molecular formula is C37H46N2. The lowest BCUT2D eigenvalue weighted by molar-refractivity contribution is 0.483. The maximum absolute atomic E-state index is 4.16. The van der Waals surface area contributed by atoms with E-state index in [0.29, 0.717) is 5.92 Å². The van der Waals surface area contributed by atoms with Crippen LogP contribution in [-0.4, -0.2) is 9.97 Å². The molecule has 0 amide bonds. The van der Waals surface area contributed by atoms with E-state index in [2.05, 4.69) is 79.4 Å². The summed E-state index contributed by atoms with van der Waals surface area (Å²) in [7, 11) is 0. The molecule has 0 fully saturated rings.